The summed E-state index contributed by atoms with van der Waals surface area (Å²) in [6, 6.07) is 13.3. The molecular weight excluding hydrogens is 441 g/mol. The second-order valence-electron chi connectivity index (χ2n) is 8.12. The van der Waals surface area contributed by atoms with Crippen LogP contribution in [-0.4, -0.2) is 59.9 Å². The van der Waals surface area contributed by atoms with Gasteiger partial charge in [0.1, 0.15) is 12.6 Å². The number of amides is 2. The van der Waals surface area contributed by atoms with Crippen LogP contribution in [0, 0.1) is 5.92 Å². The van der Waals surface area contributed by atoms with Crippen molar-refractivity contribution in [1.82, 2.24) is 10.2 Å². The third-order valence-corrected chi connectivity index (χ3v) is 5.91. The Hall–Kier alpha value is -3.56. The summed E-state index contributed by atoms with van der Waals surface area (Å²) in [4.78, 5) is 36.7. The van der Waals surface area contributed by atoms with Gasteiger partial charge in [-0.05, 0) is 22.3 Å². The Balaban J connectivity index is 1.42. The molecule has 0 spiro atoms. The molecule has 2 N–H and O–H groups in total. The third-order valence-electron chi connectivity index (χ3n) is 5.91. The molecule has 1 heterocycles. The smallest absolute Gasteiger partial charge is 0.407 e. The maximum atomic E-state index is 13.0. The summed E-state index contributed by atoms with van der Waals surface area (Å²) in [7, 11) is 0. The zero-order chi connectivity index (χ0) is 23.8. The van der Waals surface area contributed by atoms with Crippen molar-refractivity contribution in [2.24, 2.45) is 5.92 Å². The second kappa shape index (κ2) is 8.76. The first-order valence-corrected chi connectivity index (χ1v) is 10.3. The van der Waals surface area contributed by atoms with E-state index in [1.54, 1.807) is 0 Å². The minimum Gasteiger partial charge on any atom is -0.481 e. The van der Waals surface area contributed by atoms with E-state index in [0.29, 0.717) is 0 Å². The average molecular weight is 462 g/mol. The third kappa shape index (κ3) is 4.79. The highest BCUT2D eigenvalue weighted by Gasteiger charge is 2.43. The van der Waals surface area contributed by atoms with Gasteiger partial charge in [-0.1, -0.05) is 48.5 Å². The minimum atomic E-state index is -4.71. The first kappa shape index (κ1) is 22.6. The van der Waals surface area contributed by atoms with Gasteiger partial charge >= 0.3 is 18.2 Å². The number of benzene rings is 2. The zero-order valence-electron chi connectivity index (χ0n) is 17.3. The molecule has 1 saturated heterocycles. The summed E-state index contributed by atoms with van der Waals surface area (Å²) in [5.74, 6) is -3.23. The molecule has 2 aromatic carbocycles. The zero-order valence-corrected chi connectivity index (χ0v) is 17.3. The predicted octanol–water partition coefficient (Wildman–Crippen LogP) is 3.39. The number of nitrogens with one attached hydrogen (secondary N) is 1. The van der Waals surface area contributed by atoms with Crippen LogP contribution in [0.2, 0.25) is 0 Å². The molecule has 2 amide bonds. The fourth-order valence-electron chi connectivity index (χ4n) is 4.25. The molecular formula is C23H21F3N2O5. The Morgan fingerprint density at radius 2 is 1.58 bits per heavy atom. The number of fused-ring (bicyclic) bond motifs is 3. The SMILES string of the molecule is O=C(NC(CC(F)(F)F)C(=O)N1CC(C(=O)O)C1)OCC1c2ccccc2-c2ccccc21. The van der Waals surface area contributed by atoms with Gasteiger partial charge in [-0.15, -0.1) is 0 Å². The highest BCUT2D eigenvalue weighted by atomic mass is 19.4. The van der Waals surface area contributed by atoms with Crippen LogP contribution in [0.15, 0.2) is 48.5 Å². The van der Waals surface area contributed by atoms with Gasteiger partial charge in [0.05, 0.1) is 12.3 Å². The fraction of sp³-hybridized carbons (Fsp3) is 0.348. The maximum absolute atomic E-state index is 13.0. The van der Waals surface area contributed by atoms with Crippen LogP contribution in [0.25, 0.3) is 11.1 Å². The van der Waals surface area contributed by atoms with Crippen LogP contribution in [0.3, 0.4) is 0 Å². The molecule has 2 aliphatic rings. The number of carboxylic acids is 1. The van der Waals surface area contributed by atoms with Gasteiger partial charge in [0.25, 0.3) is 0 Å². The van der Waals surface area contributed by atoms with Gasteiger partial charge in [0.2, 0.25) is 5.91 Å². The molecule has 0 aromatic heterocycles. The number of alkyl halides is 3. The van der Waals surface area contributed by atoms with E-state index in [1.807, 2.05) is 53.8 Å². The predicted molar refractivity (Wildman–Crippen MR) is 110 cm³/mol. The highest BCUT2D eigenvalue weighted by molar-refractivity contribution is 5.88. The summed E-state index contributed by atoms with van der Waals surface area (Å²) in [5, 5.41) is 10.9. The molecule has 0 bridgehead atoms. The van der Waals surface area contributed by atoms with Crippen molar-refractivity contribution in [3.05, 3.63) is 59.7 Å². The molecule has 4 rings (SSSR count). The largest absolute Gasteiger partial charge is 0.481 e. The van der Waals surface area contributed by atoms with Crippen molar-refractivity contribution in [3.8, 4) is 11.1 Å². The van der Waals surface area contributed by atoms with Crippen LogP contribution in [-0.2, 0) is 14.3 Å². The lowest BCUT2D eigenvalue weighted by molar-refractivity contribution is -0.162. The highest BCUT2D eigenvalue weighted by Crippen LogP contribution is 2.44. The lowest BCUT2D eigenvalue weighted by atomic mass is 9.98. The molecule has 7 nitrogen and oxygen atoms in total. The number of carbonyl (C=O) groups excluding carboxylic acids is 2. The molecule has 10 heteroatoms. The molecule has 1 atom stereocenters. The lowest BCUT2D eigenvalue weighted by Gasteiger charge is -2.38. The number of nitrogens with zero attached hydrogens (tertiary/aromatic N) is 1. The average Bonchev–Trinajstić information content (AvgIpc) is 3.03. The van der Waals surface area contributed by atoms with Crippen molar-refractivity contribution in [2.45, 2.75) is 24.6 Å². The van der Waals surface area contributed by atoms with Crippen LogP contribution in [0.1, 0.15) is 23.5 Å². The quantitative estimate of drug-likeness (QED) is 0.686. The van der Waals surface area contributed by atoms with Gasteiger partial charge in [-0.25, -0.2) is 4.79 Å². The number of ether oxygens (including phenoxy) is 1. The molecule has 2 aromatic rings. The molecule has 1 aliphatic heterocycles. The Kier molecular flexibility index (Phi) is 6.01. The standard InChI is InChI=1S/C23H21F3N2O5/c24-23(25,26)9-19(20(29)28-10-13(11-28)21(30)31)27-22(32)33-12-18-16-7-3-1-5-14(16)15-6-2-4-8-17(15)18/h1-8,13,18-19H,9-12H2,(H,27,32)(H,30,31). The normalized spacial score (nSPS) is 16.4. The number of hydrogen-bond acceptors (Lipinski definition) is 4. The number of aliphatic carboxylic acids is 1. The van der Waals surface area contributed by atoms with Gasteiger partial charge in [0.15, 0.2) is 0 Å². The lowest BCUT2D eigenvalue weighted by Crippen LogP contribution is -2.59. The van der Waals surface area contributed by atoms with Crippen LogP contribution >= 0.6 is 0 Å². The summed E-state index contributed by atoms with van der Waals surface area (Å²) in [6.07, 6.45) is -7.44. The number of halogens is 3. The minimum absolute atomic E-state index is 0.114. The van der Waals surface area contributed by atoms with Crippen LogP contribution < -0.4 is 5.32 Å². The monoisotopic (exact) mass is 462 g/mol. The molecule has 33 heavy (non-hydrogen) atoms. The fourth-order valence-corrected chi connectivity index (χ4v) is 4.25. The first-order chi connectivity index (χ1) is 15.6. The van der Waals surface area contributed by atoms with E-state index in [4.69, 9.17) is 9.84 Å². The summed E-state index contributed by atoms with van der Waals surface area (Å²) >= 11 is 0. The molecule has 0 saturated carbocycles. The van der Waals surface area contributed by atoms with Crippen LogP contribution in [0.5, 0.6) is 0 Å². The Morgan fingerprint density at radius 3 is 2.09 bits per heavy atom. The number of carbonyl (C=O) groups is 3. The number of rotatable bonds is 6. The van der Waals surface area contributed by atoms with Gasteiger partial charge in [-0.3, -0.25) is 9.59 Å². The van der Waals surface area contributed by atoms with Gasteiger partial charge < -0.3 is 20.1 Å². The molecule has 1 unspecified atom stereocenters. The Bertz CT molecular complexity index is 1040. The molecule has 1 fully saturated rings. The summed E-state index contributed by atoms with van der Waals surface area (Å²) < 4.78 is 44.3. The van der Waals surface area contributed by atoms with Crippen molar-refractivity contribution in [2.75, 3.05) is 19.7 Å². The number of likely N-dealkylation sites (tertiary alicyclic amines) is 1. The molecule has 1 aliphatic carbocycles. The first-order valence-electron chi connectivity index (χ1n) is 10.3. The van der Waals surface area contributed by atoms with Gasteiger partial charge in [0, 0.05) is 19.0 Å². The van der Waals surface area contributed by atoms with E-state index in [0.717, 1.165) is 27.2 Å². The van der Waals surface area contributed by atoms with E-state index in [2.05, 4.69) is 0 Å². The van der Waals surface area contributed by atoms with Crippen molar-refractivity contribution in [1.29, 1.82) is 0 Å². The van der Waals surface area contributed by atoms with Crippen molar-refractivity contribution < 1.29 is 37.4 Å². The van der Waals surface area contributed by atoms with E-state index in [-0.39, 0.29) is 25.6 Å². The van der Waals surface area contributed by atoms with E-state index >= 15 is 0 Å². The van der Waals surface area contributed by atoms with Crippen molar-refractivity contribution in [3.63, 3.8) is 0 Å². The van der Waals surface area contributed by atoms with Crippen LogP contribution in [0.4, 0.5) is 18.0 Å². The van der Waals surface area contributed by atoms with E-state index in [9.17, 15) is 27.6 Å². The molecule has 174 valence electrons. The van der Waals surface area contributed by atoms with Crippen molar-refractivity contribution >= 4 is 18.0 Å². The molecule has 0 radical (unpaired) electrons. The summed E-state index contributed by atoms with van der Waals surface area (Å²) in [6.45, 7) is -0.513. The number of hydrogen-bond donors (Lipinski definition) is 2. The number of alkyl carbamates (subject to hydrolysis) is 1. The van der Waals surface area contributed by atoms with E-state index in [1.165, 1.54) is 0 Å². The van der Waals surface area contributed by atoms with Gasteiger partial charge in [-0.2, -0.15) is 13.2 Å². The van der Waals surface area contributed by atoms with E-state index < -0.39 is 42.5 Å². The second-order valence-corrected chi connectivity index (χ2v) is 8.12. The number of carboxylic acid groups (broad SMARTS) is 1. The maximum Gasteiger partial charge on any atom is 0.407 e. The Labute approximate surface area is 187 Å². The Morgan fingerprint density at radius 1 is 1.03 bits per heavy atom. The summed E-state index contributed by atoms with van der Waals surface area (Å²) in [5.41, 5.74) is 3.88. The topological polar surface area (TPSA) is 95.9 Å².